The van der Waals surface area contributed by atoms with E-state index in [-0.39, 0.29) is 0 Å². The third kappa shape index (κ3) is 14.5. The quantitative estimate of drug-likeness (QED) is 0.457. The van der Waals surface area contributed by atoms with E-state index in [2.05, 4.69) is 0 Å². The highest BCUT2D eigenvalue weighted by atomic mass is 14.4. The molecule has 0 atom stereocenters. The van der Waals surface area contributed by atoms with Crippen LogP contribution in [0.2, 0.25) is 0 Å². The molecule has 1 aliphatic rings. The molecule has 1 saturated carbocycles. The summed E-state index contributed by atoms with van der Waals surface area (Å²) in [5, 5.41) is 8.06. The summed E-state index contributed by atoms with van der Waals surface area (Å²) in [6.07, 6.45) is 29.9. The van der Waals surface area contributed by atoms with Gasteiger partial charge in [-0.15, -0.1) is 0 Å². The van der Waals surface area contributed by atoms with Gasteiger partial charge in [-0.1, -0.05) is 122 Å². The van der Waals surface area contributed by atoms with Gasteiger partial charge in [-0.05, 0) is 25.7 Å². The monoisotopic (exact) mass is 349 g/mol. The van der Waals surface area contributed by atoms with Crippen LogP contribution in [0.3, 0.4) is 0 Å². The topological polar surface area (TPSA) is 23.9 Å². The number of rotatable bonds is 1. The average Bonchev–Trinajstić information content (AvgIpc) is 2.60. The van der Waals surface area contributed by atoms with Crippen molar-refractivity contribution in [2.24, 2.45) is 5.92 Å². The molecule has 1 rings (SSSR count). The SMILES string of the molecule is CC(=N)C1CCCCCCCCCCCCCCCCCCCCC1. The summed E-state index contributed by atoms with van der Waals surface area (Å²) >= 11 is 0. The van der Waals surface area contributed by atoms with E-state index in [9.17, 15) is 0 Å². The van der Waals surface area contributed by atoms with E-state index < -0.39 is 0 Å². The minimum Gasteiger partial charge on any atom is -0.310 e. The Morgan fingerprint density at radius 3 is 0.840 bits per heavy atom. The largest absolute Gasteiger partial charge is 0.310 e. The lowest BCUT2D eigenvalue weighted by molar-refractivity contribution is 0.472. The van der Waals surface area contributed by atoms with E-state index in [0.717, 1.165) is 5.71 Å². The average molecular weight is 350 g/mol. The Kier molecular flexibility index (Phi) is 15.5. The molecule has 25 heavy (non-hydrogen) atoms. The van der Waals surface area contributed by atoms with Crippen LogP contribution in [0.25, 0.3) is 0 Å². The highest BCUT2D eigenvalue weighted by Crippen LogP contribution is 2.21. The molecule has 0 radical (unpaired) electrons. The van der Waals surface area contributed by atoms with Gasteiger partial charge in [0.1, 0.15) is 0 Å². The number of hydrogen-bond acceptors (Lipinski definition) is 1. The first-order chi connectivity index (χ1) is 12.3. The van der Waals surface area contributed by atoms with Gasteiger partial charge < -0.3 is 5.41 Å². The van der Waals surface area contributed by atoms with Crippen molar-refractivity contribution in [2.45, 2.75) is 142 Å². The summed E-state index contributed by atoms with van der Waals surface area (Å²) in [4.78, 5) is 0. The molecule has 0 aliphatic heterocycles. The molecule has 0 aromatic rings. The molecule has 0 aromatic carbocycles. The van der Waals surface area contributed by atoms with E-state index in [1.54, 1.807) is 0 Å². The van der Waals surface area contributed by atoms with Crippen LogP contribution in [0.5, 0.6) is 0 Å². The lowest BCUT2D eigenvalue weighted by Crippen LogP contribution is -2.10. The molecule has 0 heterocycles. The molecular weight excluding hydrogens is 302 g/mol. The van der Waals surface area contributed by atoms with Crippen molar-refractivity contribution >= 4 is 5.71 Å². The zero-order valence-electron chi connectivity index (χ0n) is 17.4. The zero-order chi connectivity index (χ0) is 18.0. The number of nitrogens with one attached hydrogen (secondary N) is 1. The second kappa shape index (κ2) is 17.1. The molecule has 1 nitrogen and oxygen atoms in total. The molecule has 1 heteroatoms. The van der Waals surface area contributed by atoms with Gasteiger partial charge in [0.05, 0.1) is 0 Å². The molecule has 0 amide bonds. The molecule has 0 saturated heterocycles. The smallest absolute Gasteiger partial charge is 0.00891 e. The van der Waals surface area contributed by atoms with Gasteiger partial charge in [0.15, 0.2) is 0 Å². The van der Waals surface area contributed by atoms with Gasteiger partial charge in [0, 0.05) is 5.71 Å². The third-order valence-electron chi connectivity index (χ3n) is 6.22. The van der Waals surface area contributed by atoms with Gasteiger partial charge in [-0.3, -0.25) is 0 Å². The highest BCUT2D eigenvalue weighted by molar-refractivity contribution is 5.81. The van der Waals surface area contributed by atoms with Gasteiger partial charge in [0.25, 0.3) is 0 Å². The summed E-state index contributed by atoms with van der Waals surface area (Å²) < 4.78 is 0. The maximum atomic E-state index is 8.06. The van der Waals surface area contributed by atoms with Crippen LogP contribution in [-0.4, -0.2) is 5.71 Å². The zero-order valence-corrected chi connectivity index (χ0v) is 17.4. The fourth-order valence-corrected chi connectivity index (χ4v) is 4.36. The Bertz CT molecular complexity index is 274. The molecule has 1 fully saturated rings. The Balaban J connectivity index is 2.20. The molecular formula is C24H47N. The van der Waals surface area contributed by atoms with Crippen molar-refractivity contribution in [3.05, 3.63) is 0 Å². The van der Waals surface area contributed by atoms with Crippen molar-refractivity contribution in [1.29, 1.82) is 5.41 Å². The second-order valence-corrected chi connectivity index (χ2v) is 8.67. The number of hydrogen-bond donors (Lipinski definition) is 1. The van der Waals surface area contributed by atoms with E-state index in [1.807, 2.05) is 6.92 Å². The Hall–Kier alpha value is -0.330. The van der Waals surface area contributed by atoms with Crippen LogP contribution in [0.15, 0.2) is 0 Å². The predicted octanol–water partition coefficient (Wildman–Crippen LogP) is 8.85. The minimum absolute atomic E-state index is 0.581. The molecule has 0 bridgehead atoms. The normalized spacial score (nSPS) is 23.2. The van der Waals surface area contributed by atoms with Crippen LogP contribution >= 0.6 is 0 Å². The van der Waals surface area contributed by atoms with Crippen molar-refractivity contribution < 1.29 is 0 Å². The van der Waals surface area contributed by atoms with E-state index in [4.69, 9.17) is 5.41 Å². The molecule has 0 aromatic heterocycles. The molecule has 1 N–H and O–H groups in total. The Morgan fingerprint density at radius 2 is 0.640 bits per heavy atom. The van der Waals surface area contributed by atoms with Crippen molar-refractivity contribution in [1.82, 2.24) is 0 Å². The van der Waals surface area contributed by atoms with Crippen molar-refractivity contribution in [3.8, 4) is 0 Å². The standard InChI is InChI=1S/C24H47N/c1-23(25)24-21-19-17-15-13-11-9-7-5-3-2-4-6-8-10-12-14-16-18-20-22-24/h24-25H,2-22H2,1H3. The minimum atomic E-state index is 0.581. The summed E-state index contributed by atoms with van der Waals surface area (Å²) in [6, 6.07) is 0. The van der Waals surface area contributed by atoms with Gasteiger partial charge >= 0.3 is 0 Å². The van der Waals surface area contributed by atoms with Gasteiger partial charge in [-0.25, -0.2) is 0 Å². The van der Waals surface area contributed by atoms with E-state index in [0.29, 0.717) is 5.92 Å². The van der Waals surface area contributed by atoms with Crippen molar-refractivity contribution in [3.63, 3.8) is 0 Å². The summed E-state index contributed by atoms with van der Waals surface area (Å²) in [5.41, 5.74) is 0.939. The molecule has 148 valence electrons. The lowest BCUT2D eigenvalue weighted by Gasteiger charge is -2.15. The van der Waals surface area contributed by atoms with Crippen LogP contribution in [0.4, 0.5) is 0 Å². The molecule has 0 spiro atoms. The second-order valence-electron chi connectivity index (χ2n) is 8.67. The summed E-state index contributed by atoms with van der Waals surface area (Å²) in [5.74, 6) is 0.581. The first kappa shape index (κ1) is 22.7. The Labute approximate surface area is 159 Å². The third-order valence-corrected chi connectivity index (χ3v) is 6.22. The maximum Gasteiger partial charge on any atom is 0.00891 e. The molecule has 0 unspecified atom stereocenters. The fraction of sp³-hybridized carbons (Fsp3) is 0.958. The maximum absolute atomic E-state index is 8.06. The van der Waals surface area contributed by atoms with Crippen LogP contribution in [0, 0.1) is 11.3 Å². The summed E-state index contributed by atoms with van der Waals surface area (Å²) in [7, 11) is 0. The highest BCUT2D eigenvalue weighted by Gasteiger charge is 2.10. The molecule has 1 aliphatic carbocycles. The van der Waals surface area contributed by atoms with Gasteiger partial charge in [-0.2, -0.15) is 0 Å². The first-order valence-electron chi connectivity index (χ1n) is 11.9. The first-order valence-corrected chi connectivity index (χ1v) is 11.9. The lowest BCUT2D eigenvalue weighted by atomic mass is 9.91. The van der Waals surface area contributed by atoms with Crippen LogP contribution in [-0.2, 0) is 0 Å². The van der Waals surface area contributed by atoms with Crippen LogP contribution in [0.1, 0.15) is 142 Å². The summed E-state index contributed by atoms with van der Waals surface area (Å²) in [6.45, 7) is 2.04. The fourth-order valence-electron chi connectivity index (χ4n) is 4.36. The van der Waals surface area contributed by atoms with Gasteiger partial charge in [0.2, 0.25) is 0 Å². The van der Waals surface area contributed by atoms with Crippen LogP contribution < -0.4 is 0 Å². The van der Waals surface area contributed by atoms with E-state index in [1.165, 1.54) is 135 Å². The van der Waals surface area contributed by atoms with E-state index >= 15 is 0 Å². The Morgan fingerprint density at radius 1 is 0.440 bits per heavy atom. The van der Waals surface area contributed by atoms with Crippen molar-refractivity contribution in [2.75, 3.05) is 0 Å². The predicted molar refractivity (Wildman–Crippen MR) is 114 cm³/mol.